The average Bonchev–Trinajstić information content (AvgIpc) is 2.86. The summed E-state index contributed by atoms with van der Waals surface area (Å²) < 4.78 is 1.92. The van der Waals surface area contributed by atoms with Gasteiger partial charge in [0.2, 0.25) is 5.91 Å². The molecule has 0 radical (unpaired) electrons. The molecule has 0 bridgehead atoms. The van der Waals surface area contributed by atoms with E-state index in [0.717, 1.165) is 23.0 Å². The molecule has 1 N–H and O–H groups in total. The van der Waals surface area contributed by atoms with E-state index in [1.54, 1.807) is 0 Å². The number of benzene rings is 1. The van der Waals surface area contributed by atoms with E-state index in [0.29, 0.717) is 6.54 Å². The molecule has 0 saturated heterocycles. The van der Waals surface area contributed by atoms with Crippen molar-refractivity contribution in [3.05, 3.63) is 30.3 Å². The largest absolute Gasteiger partial charge is 0.355 e. The Morgan fingerprint density at radius 3 is 2.71 bits per heavy atom. The van der Waals surface area contributed by atoms with Crippen LogP contribution in [0.5, 0.6) is 0 Å². The number of nitrogens with one attached hydrogen (secondary N) is 1. The Labute approximate surface area is 129 Å². The summed E-state index contributed by atoms with van der Waals surface area (Å²) in [6, 6.07) is 9.90. The summed E-state index contributed by atoms with van der Waals surface area (Å²) in [5, 5.41) is 11.9. The van der Waals surface area contributed by atoms with Crippen molar-refractivity contribution in [2.24, 2.45) is 7.05 Å². The van der Waals surface area contributed by atoms with Gasteiger partial charge in [-0.2, -0.15) is 0 Å². The van der Waals surface area contributed by atoms with Gasteiger partial charge in [-0.05, 0) is 13.3 Å². The minimum absolute atomic E-state index is 0.0334. The van der Waals surface area contributed by atoms with Crippen LogP contribution in [-0.4, -0.2) is 32.5 Å². The van der Waals surface area contributed by atoms with Gasteiger partial charge >= 0.3 is 0 Å². The molecule has 1 aromatic heterocycles. The van der Waals surface area contributed by atoms with Gasteiger partial charge in [0.25, 0.3) is 0 Å². The van der Waals surface area contributed by atoms with Crippen LogP contribution in [0.4, 0.5) is 0 Å². The van der Waals surface area contributed by atoms with Crippen molar-refractivity contribution < 1.29 is 4.79 Å². The van der Waals surface area contributed by atoms with Crippen molar-refractivity contribution in [1.82, 2.24) is 20.1 Å². The third-order valence-electron chi connectivity index (χ3n) is 3.07. The van der Waals surface area contributed by atoms with Crippen LogP contribution in [0.3, 0.4) is 0 Å². The van der Waals surface area contributed by atoms with E-state index in [9.17, 15) is 4.79 Å². The molecule has 5 nitrogen and oxygen atoms in total. The van der Waals surface area contributed by atoms with Crippen LogP contribution in [0.1, 0.15) is 20.3 Å². The SMILES string of the molecule is CCCNC(=O)C(C)Sc1nnc(-c2ccccc2)n1C. The lowest BCUT2D eigenvalue weighted by atomic mass is 10.2. The Morgan fingerprint density at radius 1 is 1.33 bits per heavy atom. The molecule has 1 amide bonds. The molecule has 1 aromatic carbocycles. The molecule has 6 heteroatoms. The first-order valence-electron chi connectivity index (χ1n) is 7.02. The Bertz CT molecular complexity index is 597. The molecular weight excluding hydrogens is 284 g/mol. The molecule has 1 unspecified atom stereocenters. The van der Waals surface area contributed by atoms with Crippen molar-refractivity contribution in [2.45, 2.75) is 30.7 Å². The van der Waals surface area contributed by atoms with Gasteiger partial charge in [-0.15, -0.1) is 10.2 Å². The average molecular weight is 304 g/mol. The summed E-state index contributed by atoms with van der Waals surface area (Å²) in [5.41, 5.74) is 1.02. The first kappa shape index (κ1) is 15.6. The highest BCUT2D eigenvalue weighted by atomic mass is 32.2. The summed E-state index contributed by atoms with van der Waals surface area (Å²) in [7, 11) is 1.92. The summed E-state index contributed by atoms with van der Waals surface area (Å²) >= 11 is 1.42. The monoisotopic (exact) mass is 304 g/mol. The van der Waals surface area contributed by atoms with Gasteiger partial charge in [0, 0.05) is 19.2 Å². The Hall–Kier alpha value is -1.82. The smallest absolute Gasteiger partial charge is 0.233 e. The number of carbonyl (C=O) groups excluding carboxylic acids is 1. The summed E-state index contributed by atoms with van der Waals surface area (Å²) in [6.45, 7) is 4.62. The second-order valence-electron chi connectivity index (χ2n) is 4.78. The third-order valence-corrected chi connectivity index (χ3v) is 4.20. The number of amides is 1. The molecule has 0 saturated carbocycles. The fraction of sp³-hybridized carbons (Fsp3) is 0.400. The van der Waals surface area contributed by atoms with Crippen LogP contribution in [-0.2, 0) is 11.8 Å². The van der Waals surface area contributed by atoms with Gasteiger partial charge in [0.05, 0.1) is 5.25 Å². The minimum atomic E-state index is -0.192. The van der Waals surface area contributed by atoms with Gasteiger partial charge < -0.3 is 9.88 Å². The van der Waals surface area contributed by atoms with Crippen LogP contribution in [0.25, 0.3) is 11.4 Å². The fourth-order valence-electron chi connectivity index (χ4n) is 1.86. The van der Waals surface area contributed by atoms with Crippen LogP contribution in [0.15, 0.2) is 35.5 Å². The molecule has 21 heavy (non-hydrogen) atoms. The van der Waals surface area contributed by atoms with Crippen molar-refractivity contribution >= 4 is 17.7 Å². The zero-order chi connectivity index (χ0) is 15.2. The highest BCUT2D eigenvalue weighted by molar-refractivity contribution is 8.00. The molecule has 0 fully saturated rings. The standard InChI is InChI=1S/C15H20N4OS/c1-4-10-16-14(20)11(2)21-15-18-17-13(19(15)3)12-8-6-5-7-9-12/h5-9,11H,4,10H2,1-3H3,(H,16,20). The number of nitrogens with zero attached hydrogens (tertiary/aromatic N) is 3. The number of hydrogen-bond donors (Lipinski definition) is 1. The second-order valence-corrected chi connectivity index (χ2v) is 6.09. The highest BCUT2D eigenvalue weighted by Gasteiger charge is 2.18. The van der Waals surface area contributed by atoms with Gasteiger partial charge in [-0.1, -0.05) is 49.0 Å². The van der Waals surface area contributed by atoms with E-state index >= 15 is 0 Å². The maximum absolute atomic E-state index is 11.9. The van der Waals surface area contributed by atoms with Crippen LogP contribution in [0, 0.1) is 0 Å². The molecule has 0 spiro atoms. The van der Waals surface area contributed by atoms with Crippen LogP contribution in [0.2, 0.25) is 0 Å². The van der Waals surface area contributed by atoms with Crippen molar-refractivity contribution in [3.63, 3.8) is 0 Å². The first-order chi connectivity index (χ1) is 10.1. The van der Waals surface area contributed by atoms with E-state index in [-0.39, 0.29) is 11.2 Å². The first-order valence-corrected chi connectivity index (χ1v) is 7.90. The summed E-state index contributed by atoms with van der Waals surface area (Å²) in [6.07, 6.45) is 0.936. The maximum Gasteiger partial charge on any atom is 0.233 e. The predicted molar refractivity (Wildman–Crippen MR) is 85.1 cm³/mol. The molecule has 1 atom stereocenters. The van der Waals surface area contributed by atoms with Crippen molar-refractivity contribution in [3.8, 4) is 11.4 Å². The lowest BCUT2D eigenvalue weighted by Gasteiger charge is -2.11. The third kappa shape index (κ3) is 3.85. The fourth-order valence-corrected chi connectivity index (χ4v) is 2.70. The van der Waals surface area contributed by atoms with Crippen molar-refractivity contribution in [2.75, 3.05) is 6.54 Å². The topological polar surface area (TPSA) is 59.8 Å². The van der Waals surface area contributed by atoms with Gasteiger partial charge in [0.15, 0.2) is 11.0 Å². The quantitative estimate of drug-likeness (QED) is 0.833. The second kappa shape index (κ2) is 7.26. The Morgan fingerprint density at radius 2 is 2.05 bits per heavy atom. The molecule has 112 valence electrons. The molecule has 0 aliphatic rings. The van der Waals surface area contributed by atoms with Crippen molar-refractivity contribution in [1.29, 1.82) is 0 Å². The Kier molecular flexibility index (Phi) is 5.38. The number of aromatic nitrogens is 3. The lowest BCUT2D eigenvalue weighted by molar-refractivity contribution is -0.120. The van der Waals surface area contributed by atoms with Gasteiger partial charge in [-0.25, -0.2) is 0 Å². The van der Waals surface area contributed by atoms with E-state index in [1.807, 2.05) is 55.8 Å². The minimum Gasteiger partial charge on any atom is -0.355 e. The lowest BCUT2D eigenvalue weighted by Crippen LogP contribution is -2.31. The van der Waals surface area contributed by atoms with Gasteiger partial charge in [0.1, 0.15) is 0 Å². The summed E-state index contributed by atoms with van der Waals surface area (Å²) in [5.74, 6) is 0.838. The zero-order valence-corrected chi connectivity index (χ0v) is 13.4. The number of thioether (sulfide) groups is 1. The number of rotatable bonds is 6. The van der Waals surface area contributed by atoms with Crippen LogP contribution < -0.4 is 5.32 Å². The Balaban J connectivity index is 2.09. The van der Waals surface area contributed by atoms with E-state index in [2.05, 4.69) is 15.5 Å². The molecule has 0 aliphatic heterocycles. The molecule has 0 aliphatic carbocycles. The summed E-state index contributed by atoms with van der Waals surface area (Å²) in [4.78, 5) is 11.9. The van der Waals surface area contributed by atoms with E-state index in [1.165, 1.54) is 11.8 Å². The number of hydrogen-bond acceptors (Lipinski definition) is 4. The molecule has 2 aromatic rings. The number of carbonyl (C=O) groups is 1. The maximum atomic E-state index is 11.9. The van der Waals surface area contributed by atoms with Gasteiger partial charge in [-0.3, -0.25) is 4.79 Å². The normalized spacial score (nSPS) is 12.1. The molecule has 1 heterocycles. The predicted octanol–water partition coefficient (Wildman–Crippen LogP) is 2.49. The highest BCUT2D eigenvalue weighted by Crippen LogP contribution is 2.25. The van der Waals surface area contributed by atoms with Crippen LogP contribution >= 0.6 is 11.8 Å². The van der Waals surface area contributed by atoms with E-state index < -0.39 is 0 Å². The molecular formula is C15H20N4OS. The van der Waals surface area contributed by atoms with E-state index in [4.69, 9.17) is 0 Å². The molecule has 2 rings (SSSR count). The zero-order valence-electron chi connectivity index (χ0n) is 12.5.